The smallest absolute Gasteiger partial charge is 0.232 e. The van der Waals surface area contributed by atoms with Gasteiger partial charge in [-0.2, -0.15) is 0 Å². The topological polar surface area (TPSA) is 94.8 Å². The fourth-order valence-corrected chi connectivity index (χ4v) is 3.88. The van der Waals surface area contributed by atoms with Gasteiger partial charge in [-0.3, -0.25) is 9.59 Å². The van der Waals surface area contributed by atoms with E-state index in [2.05, 4.69) is 0 Å². The molecular formula is C20H10O5. The molecule has 0 radical (unpaired) electrons. The normalized spacial score (nSPS) is 13.4. The zero-order valence-corrected chi connectivity index (χ0v) is 12.7. The van der Waals surface area contributed by atoms with E-state index in [1.165, 1.54) is 18.2 Å². The van der Waals surface area contributed by atoms with E-state index in [9.17, 15) is 24.9 Å². The molecule has 5 heteroatoms. The predicted molar refractivity (Wildman–Crippen MR) is 92.4 cm³/mol. The summed E-state index contributed by atoms with van der Waals surface area (Å²) in [5, 5.41) is 31.8. The summed E-state index contributed by atoms with van der Waals surface area (Å²) >= 11 is 0. The lowest BCUT2D eigenvalue weighted by Crippen LogP contribution is -2.21. The third kappa shape index (κ3) is 1.48. The molecule has 3 aliphatic carbocycles. The fraction of sp³-hybridized carbons (Fsp3) is 0. The molecule has 2 aromatic carbocycles. The molecule has 0 spiro atoms. The molecule has 120 valence electrons. The van der Waals surface area contributed by atoms with Crippen LogP contribution in [0.25, 0.3) is 38.8 Å². The Balaban J connectivity index is 2.14. The largest absolute Gasteiger partial charge is 0.507 e. The van der Waals surface area contributed by atoms with E-state index in [-0.39, 0.29) is 27.9 Å². The van der Waals surface area contributed by atoms with Gasteiger partial charge in [-0.25, -0.2) is 0 Å². The SMILES string of the molecule is O=C1C(O)=c2c(c3ccc(=O)c4c(O)ccc2c4-3)-c2cccc(O)c21. The van der Waals surface area contributed by atoms with E-state index in [1.807, 2.05) is 0 Å². The van der Waals surface area contributed by atoms with Gasteiger partial charge in [0, 0.05) is 16.3 Å². The van der Waals surface area contributed by atoms with Crippen LogP contribution in [0.5, 0.6) is 11.5 Å². The third-order valence-corrected chi connectivity index (χ3v) is 4.88. The van der Waals surface area contributed by atoms with Crippen molar-refractivity contribution in [3.05, 3.63) is 63.5 Å². The van der Waals surface area contributed by atoms with Crippen LogP contribution in [0.2, 0.25) is 0 Å². The Labute approximate surface area is 140 Å². The zero-order valence-electron chi connectivity index (χ0n) is 12.7. The van der Waals surface area contributed by atoms with Crippen LogP contribution in [0.4, 0.5) is 0 Å². The molecule has 0 bridgehead atoms. The van der Waals surface area contributed by atoms with Crippen molar-refractivity contribution in [2.24, 2.45) is 0 Å². The lowest BCUT2D eigenvalue weighted by atomic mass is 9.88. The zero-order chi connectivity index (χ0) is 17.5. The van der Waals surface area contributed by atoms with Crippen molar-refractivity contribution in [3.8, 4) is 33.8 Å². The number of ketones is 1. The Hall–Kier alpha value is -3.60. The highest BCUT2D eigenvalue weighted by Gasteiger charge is 2.33. The van der Waals surface area contributed by atoms with Gasteiger partial charge in [-0.15, -0.1) is 0 Å². The van der Waals surface area contributed by atoms with Crippen LogP contribution in [0.15, 0.2) is 47.3 Å². The number of hydrogen-bond acceptors (Lipinski definition) is 5. The van der Waals surface area contributed by atoms with Gasteiger partial charge in [-0.1, -0.05) is 12.1 Å². The van der Waals surface area contributed by atoms with Crippen molar-refractivity contribution in [1.29, 1.82) is 0 Å². The quantitative estimate of drug-likeness (QED) is 0.460. The Morgan fingerprint density at radius 3 is 2.24 bits per heavy atom. The summed E-state index contributed by atoms with van der Waals surface area (Å²) in [7, 11) is 0. The van der Waals surface area contributed by atoms with Gasteiger partial charge in [0.1, 0.15) is 11.5 Å². The number of Topliss-reactive ketones (excluding diaryl/α,β-unsaturated/α-hetero) is 1. The van der Waals surface area contributed by atoms with Gasteiger partial charge >= 0.3 is 0 Å². The number of aromatic hydroxyl groups is 2. The second kappa shape index (κ2) is 4.27. The van der Waals surface area contributed by atoms with Gasteiger partial charge in [0.25, 0.3) is 0 Å². The number of phenolic OH excluding ortho intramolecular Hbond substituents is 2. The highest BCUT2D eigenvalue weighted by Crippen LogP contribution is 2.45. The number of phenols is 2. The summed E-state index contributed by atoms with van der Waals surface area (Å²) in [6.07, 6.45) is 0. The number of aliphatic hydroxyl groups is 1. The van der Waals surface area contributed by atoms with E-state index < -0.39 is 11.5 Å². The third-order valence-electron chi connectivity index (χ3n) is 4.88. The maximum absolute atomic E-state index is 12.6. The van der Waals surface area contributed by atoms with E-state index in [4.69, 9.17) is 0 Å². The van der Waals surface area contributed by atoms with E-state index in [0.29, 0.717) is 32.9 Å². The standard InChI is InChI=1S/C20H10O5/c21-11-3-1-2-8-14-9-4-6-12(22)18-13(23)7-5-10(15(9)18)17(14)20(25)19(24)16(8)11/h1-7,21,23,25H. The number of aliphatic hydroxyl groups excluding tert-OH is 1. The first-order chi connectivity index (χ1) is 12.0. The molecule has 0 atom stereocenters. The Morgan fingerprint density at radius 1 is 0.680 bits per heavy atom. The number of carbonyl (C=O) groups is 1. The molecule has 0 amide bonds. The molecule has 0 fully saturated rings. The average molecular weight is 330 g/mol. The van der Waals surface area contributed by atoms with Crippen molar-refractivity contribution in [3.63, 3.8) is 0 Å². The molecule has 3 aliphatic rings. The van der Waals surface area contributed by atoms with Crippen molar-refractivity contribution in [2.45, 2.75) is 0 Å². The van der Waals surface area contributed by atoms with Crippen molar-refractivity contribution < 1.29 is 20.1 Å². The molecule has 0 aliphatic heterocycles. The van der Waals surface area contributed by atoms with Gasteiger partial charge < -0.3 is 15.3 Å². The van der Waals surface area contributed by atoms with Crippen LogP contribution in [0, 0.1) is 0 Å². The minimum absolute atomic E-state index is 0.0372. The molecule has 3 N–H and O–H groups in total. The summed E-state index contributed by atoms with van der Waals surface area (Å²) in [5.41, 5.74) is 1.92. The Kier molecular flexibility index (Phi) is 2.36. The van der Waals surface area contributed by atoms with Gasteiger partial charge in [-0.05, 0) is 46.8 Å². The van der Waals surface area contributed by atoms with Gasteiger partial charge in [0.15, 0.2) is 11.2 Å². The molecule has 25 heavy (non-hydrogen) atoms. The molecule has 0 unspecified atom stereocenters. The molecule has 5 rings (SSSR count). The predicted octanol–water partition coefficient (Wildman–Crippen LogP) is 2.40. The van der Waals surface area contributed by atoms with E-state index >= 15 is 0 Å². The van der Waals surface area contributed by atoms with Crippen molar-refractivity contribution in [2.75, 3.05) is 0 Å². The van der Waals surface area contributed by atoms with Crippen LogP contribution in [0.3, 0.4) is 0 Å². The number of rotatable bonds is 0. The van der Waals surface area contributed by atoms with Crippen LogP contribution in [0.1, 0.15) is 10.4 Å². The monoisotopic (exact) mass is 330 g/mol. The van der Waals surface area contributed by atoms with Crippen molar-refractivity contribution >= 4 is 22.3 Å². The lowest BCUT2D eigenvalue weighted by molar-refractivity contribution is 0.102. The van der Waals surface area contributed by atoms with Crippen LogP contribution in [-0.2, 0) is 0 Å². The Bertz CT molecular complexity index is 1300. The number of fused-ring (bicyclic) bond motifs is 5. The second-order valence-electron chi connectivity index (χ2n) is 6.12. The lowest BCUT2D eigenvalue weighted by Gasteiger charge is -2.15. The maximum Gasteiger partial charge on any atom is 0.232 e. The fourth-order valence-electron chi connectivity index (χ4n) is 3.88. The maximum atomic E-state index is 12.6. The van der Waals surface area contributed by atoms with Crippen LogP contribution >= 0.6 is 0 Å². The first-order valence-electron chi connectivity index (χ1n) is 7.64. The summed E-state index contributed by atoms with van der Waals surface area (Å²) < 4.78 is 0. The highest BCUT2D eigenvalue weighted by molar-refractivity contribution is 6.30. The summed E-state index contributed by atoms with van der Waals surface area (Å²) in [4.78, 5) is 24.8. The van der Waals surface area contributed by atoms with Crippen LogP contribution < -0.4 is 10.6 Å². The molecular weight excluding hydrogens is 320 g/mol. The van der Waals surface area contributed by atoms with Crippen molar-refractivity contribution in [1.82, 2.24) is 0 Å². The molecule has 2 aromatic rings. The number of benzene rings is 3. The summed E-state index contributed by atoms with van der Waals surface area (Å²) in [6.45, 7) is 0. The van der Waals surface area contributed by atoms with E-state index in [1.54, 1.807) is 24.3 Å². The van der Waals surface area contributed by atoms with Crippen LogP contribution in [-0.4, -0.2) is 21.1 Å². The molecule has 0 aromatic heterocycles. The first kappa shape index (κ1) is 13.8. The molecule has 0 saturated carbocycles. The second-order valence-corrected chi connectivity index (χ2v) is 6.12. The van der Waals surface area contributed by atoms with Gasteiger partial charge in [0.05, 0.1) is 10.9 Å². The van der Waals surface area contributed by atoms with E-state index in [0.717, 1.165) is 0 Å². The minimum Gasteiger partial charge on any atom is -0.507 e. The number of hydrogen-bond donors (Lipinski definition) is 3. The Morgan fingerprint density at radius 2 is 1.44 bits per heavy atom. The average Bonchev–Trinajstić information content (AvgIpc) is 2.92. The molecule has 0 saturated heterocycles. The first-order valence-corrected chi connectivity index (χ1v) is 7.64. The molecule has 5 nitrogen and oxygen atoms in total. The van der Waals surface area contributed by atoms with Gasteiger partial charge in [0.2, 0.25) is 5.78 Å². The number of carbonyl (C=O) groups excluding carboxylic acids is 1. The molecule has 0 heterocycles. The summed E-state index contributed by atoms with van der Waals surface area (Å²) in [6, 6.07) is 10.6. The minimum atomic E-state index is -0.664. The summed E-state index contributed by atoms with van der Waals surface area (Å²) in [5.74, 6) is -1.49. The highest BCUT2D eigenvalue weighted by atomic mass is 16.3.